The molecule has 0 bridgehead atoms. The molecule has 1 aliphatic carbocycles. The van der Waals surface area contributed by atoms with Crippen molar-refractivity contribution in [3.63, 3.8) is 0 Å². The van der Waals surface area contributed by atoms with E-state index < -0.39 is 21.9 Å². The number of sulfonamides is 1. The minimum atomic E-state index is -3.86. The molecule has 4 rings (SSSR count). The Bertz CT molecular complexity index is 1030. The van der Waals surface area contributed by atoms with Gasteiger partial charge in [0.15, 0.2) is 6.10 Å². The number of anilines is 1. The molecule has 30 heavy (non-hydrogen) atoms. The Morgan fingerprint density at radius 1 is 1.07 bits per heavy atom. The topological polar surface area (TPSA) is 75.7 Å². The lowest BCUT2D eigenvalue weighted by molar-refractivity contribution is -0.140. The number of carbonyl (C=O) groups excluding carboxylic acids is 1. The molecule has 2 aliphatic rings. The van der Waals surface area contributed by atoms with E-state index >= 15 is 0 Å². The van der Waals surface area contributed by atoms with E-state index in [1.165, 1.54) is 18.6 Å². The van der Waals surface area contributed by atoms with E-state index in [-0.39, 0.29) is 16.8 Å². The van der Waals surface area contributed by atoms with E-state index in [1.807, 2.05) is 4.90 Å². The van der Waals surface area contributed by atoms with Crippen LogP contribution in [0.2, 0.25) is 0 Å². The third-order valence-electron chi connectivity index (χ3n) is 5.73. The van der Waals surface area contributed by atoms with E-state index in [2.05, 4.69) is 4.72 Å². The molecule has 2 aromatic rings. The molecule has 1 amide bonds. The molecule has 1 heterocycles. The van der Waals surface area contributed by atoms with Crippen molar-refractivity contribution in [3.8, 4) is 5.75 Å². The van der Waals surface area contributed by atoms with Gasteiger partial charge < -0.3 is 9.64 Å². The smallest absolute Gasteiger partial charge is 0.263 e. The minimum absolute atomic E-state index is 0.0253. The van der Waals surface area contributed by atoms with Crippen LogP contribution >= 0.6 is 0 Å². The van der Waals surface area contributed by atoms with Crippen molar-refractivity contribution in [1.82, 2.24) is 4.90 Å². The van der Waals surface area contributed by atoms with Crippen molar-refractivity contribution in [1.29, 1.82) is 0 Å². The lowest BCUT2D eigenvalue weighted by Crippen LogP contribution is -2.45. The number of nitrogens with one attached hydrogen (secondary N) is 1. The zero-order valence-electron chi connectivity index (χ0n) is 16.8. The first-order valence-electron chi connectivity index (χ1n) is 10.2. The monoisotopic (exact) mass is 432 g/mol. The highest BCUT2D eigenvalue weighted by Crippen LogP contribution is 2.33. The number of rotatable bonds is 4. The van der Waals surface area contributed by atoms with Gasteiger partial charge in [-0.3, -0.25) is 9.52 Å². The second-order valence-electron chi connectivity index (χ2n) is 7.90. The highest BCUT2D eigenvalue weighted by Gasteiger charge is 2.33. The summed E-state index contributed by atoms with van der Waals surface area (Å²) in [7, 11) is -3.86. The second kappa shape index (κ2) is 8.26. The average Bonchev–Trinajstić information content (AvgIpc) is 2.85. The third kappa shape index (κ3) is 4.28. The van der Waals surface area contributed by atoms with Gasteiger partial charge in [0.1, 0.15) is 11.6 Å². The number of fused-ring (bicyclic) bond motifs is 1. The molecule has 1 unspecified atom stereocenters. The molecule has 1 N–H and O–H groups in total. The van der Waals surface area contributed by atoms with Crippen LogP contribution in [-0.2, 0) is 21.4 Å². The molecule has 0 aromatic heterocycles. The van der Waals surface area contributed by atoms with Crippen molar-refractivity contribution in [2.75, 3.05) is 4.72 Å². The zero-order valence-corrected chi connectivity index (χ0v) is 17.6. The fraction of sp³-hybridized carbons (Fsp3) is 0.409. The van der Waals surface area contributed by atoms with E-state index in [1.54, 1.807) is 25.1 Å². The Balaban J connectivity index is 1.60. The van der Waals surface area contributed by atoms with Gasteiger partial charge in [-0.2, -0.15) is 0 Å². The van der Waals surface area contributed by atoms with Crippen LogP contribution in [0.5, 0.6) is 5.75 Å². The molecule has 1 saturated carbocycles. The van der Waals surface area contributed by atoms with Gasteiger partial charge in [0.2, 0.25) is 0 Å². The van der Waals surface area contributed by atoms with Crippen LogP contribution in [-0.4, -0.2) is 31.4 Å². The van der Waals surface area contributed by atoms with Gasteiger partial charge in [0.25, 0.3) is 15.9 Å². The van der Waals surface area contributed by atoms with Crippen molar-refractivity contribution in [2.24, 2.45) is 0 Å². The number of hydrogen-bond acceptors (Lipinski definition) is 4. The Morgan fingerprint density at radius 2 is 1.77 bits per heavy atom. The average molecular weight is 433 g/mol. The van der Waals surface area contributed by atoms with Crippen LogP contribution in [0.3, 0.4) is 0 Å². The summed E-state index contributed by atoms with van der Waals surface area (Å²) in [6, 6.07) is 9.83. The van der Waals surface area contributed by atoms with Crippen molar-refractivity contribution in [2.45, 2.75) is 62.6 Å². The van der Waals surface area contributed by atoms with Gasteiger partial charge in [0.05, 0.1) is 4.90 Å². The maximum atomic E-state index is 13.1. The lowest BCUT2D eigenvalue weighted by atomic mass is 9.93. The summed E-state index contributed by atoms with van der Waals surface area (Å²) < 4.78 is 46.8. The molecule has 2 aromatic carbocycles. The minimum Gasteiger partial charge on any atom is -0.481 e. The number of amides is 1. The van der Waals surface area contributed by atoms with Crippen LogP contribution < -0.4 is 9.46 Å². The van der Waals surface area contributed by atoms with Crippen LogP contribution in [0.25, 0.3) is 0 Å². The Kier molecular flexibility index (Phi) is 5.69. The molecule has 8 heteroatoms. The zero-order chi connectivity index (χ0) is 21.3. The molecular formula is C22H25FN2O4S. The molecule has 0 saturated heterocycles. The van der Waals surface area contributed by atoms with Gasteiger partial charge in [-0.1, -0.05) is 19.3 Å². The van der Waals surface area contributed by atoms with Gasteiger partial charge in [-0.05, 0) is 62.2 Å². The first kappa shape index (κ1) is 20.7. The Labute approximate surface area is 176 Å². The molecule has 1 fully saturated rings. The Morgan fingerprint density at radius 3 is 2.47 bits per heavy atom. The molecule has 0 spiro atoms. The maximum absolute atomic E-state index is 13.1. The summed E-state index contributed by atoms with van der Waals surface area (Å²) in [5.74, 6) is 0.0446. The number of benzene rings is 2. The number of nitrogens with zero attached hydrogens (tertiary/aromatic N) is 1. The molecule has 1 aliphatic heterocycles. The van der Waals surface area contributed by atoms with Gasteiger partial charge in [-0.25, -0.2) is 12.8 Å². The van der Waals surface area contributed by atoms with Gasteiger partial charge >= 0.3 is 0 Å². The van der Waals surface area contributed by atoms with E-state index in [9.17, 15) is 17.6 Å². The van der Waals surface area contributed by atoms with Crippen LogP contribution in [0.4, 0.5) is 10.1 Å². The highest BCUT2D eigenvalue weighted by atomic mass is 32.2. The standard InChI is InChI=1S/C22H25FN2O4S/c1-15-22(26)25(19-5-3-2-4-6-19)14-16-13-18(9-12-21(16)29-15)24-30(27,28)20-10-7-17(23)8-11-20/h7-13,15,19,24H,2-6,14H2,1H3. The fourth-order valence-corrected chi connectivity index (χ4v) is 5.20. The predicted molar refractivity (Wildman–Crippen MR) is 111 cm³/mol. The summed E-state index contributed by atoms with van der Waals surface area (Å²) in [6.07, 6.45) is 4.77. The summed E-state index contributed by atoms with van der Waals surface area (Å²) in [5, 5.41) is 0. The predicted octanol–water partition coefficient (Wildman–Crippen LogP) is 4.07. The quantitative estimate of drug-likeness (QED) is 0.790. The molecule has 0 radical (unpaired) electrons. The Hall–Kier alpha value is -2.61. The second-order valence-corrected chi connectivity index (χ2v) is 9.58. The largest absolute Gasteiger partial charge is 0.481 e. The van der Waals surface area contributed by atoms with Crippen LogP contribution in [0.1, 0.15) is 44.6 Å². The molecule has 160 valence electrons. The van der Waals surface area contributed by atoms with E-state index in [4.69, 9.17) is 4.74 Å². The van der Waals surface area contributed by atoms with E-state index in [0.29, 0.717) is 18.0 Å². The SMILES string of the molecule is CC1Oc2ccc(NS(=O)(=O)c3ccc(F)cc3)cc2CN(C2CCCCC2)C1=O. The van der Waals surface area contributed by atoms with Crippen molar-refractivity contribution in [3.05, 3.63) is 53.8 Å². The number of halogens is 1. The summed E-state index contributed by atoms with van der Waals surface area (Å²) in [5.41, 5.74) is 1.13. The normalized spacial score (nSPS) is 20.3. The van der Waals surface area contributed by atoms with Gasteiger partial charge in [-0.15, -0.1) is 0 Å². The lowest BCUT2D eigenvalue weighted by Gasteiger charge is -2.34. The maximum Gasteiger partial charge on any atom is 0.263 e. The highest BCUT2D eigenvalue weighted by molar-refractivity contribution is 7.92. The molecule has 1 atom stereocenters. The first-order valence-corrected chi connectivity index (χ1v) is 11.7. The van der Waals surface area contributed by atoms with Crippen molar-refractivity contribution < 1.29 is 22.3 Å². The van der Waals surface area contributed by atoms with Crippen molar-refractivity contribution >= 4 is 21.6 Å². The van der Waals surface area contributed by atoms with E-state index in [0.717, 1.165) is 43.4 Å². The molecular weight excluding hydrogens is 407 g/mol. The first-order chi connectivity index (χ1) is 14.3. The van der Waals surface area contributed by atoms with Gasteiger partial charge in [0, 0.05) is 23.8 Å². The van der Waals surface area contributed by atoms with Crippen LogP contribution in [0.15, 0.2) is 47.4 Å². The third-order valence-corrected chi connectivity index (χ3v) is 7.12. The number of hydrogen-bond donors (Lipinski definition) is 1. The van der Waals surface area contributed by atoms with Crippen LogP contribution in [0, 0.1) is 5.82 Å². The summed E-state index contributed by atoms with van der Waals surface area (Å²) in [4.78, 5) is 14.8. The molecule has 6 nitrogen and oxygen atoms in total. The summed E-state index contributed by atoms with van der Waals surface area (Å²) in [6.45, 7) is 2.13. The summed E-state index contributed by atoms with van der Waals surface area (Å²) >= 11 is 0. The number of ether oxygens (including phenoxy) is 1. The number of carbonyl (C=O) groups is 1. The fourth-order valence-electron chi connectivity index (χ4n) is 4.15.